The molecule has 1 heterocycles. The molecule has 0 saturated carbocycles. The van der Waals surface area contributed by atoms with E-state index in [0.29, 0.717) is 11.5 Å². The molecule has 2 rings (SSSR count). The molecular weight excluding hydrogens is 196 g/mol. The summed E-state index contributed by atoms with van der Waals surface area (Å²) in [5.41, 5.74) is 23.4. The second-order valence-corrected chi connectivity index (χ2v) is 3.74. The van der Waals surface area contributed by atoms with Crippen LogP contribution < -0.4 is 32.4 Å². The number of ether oxygens (including phenoxy) is 2. The standard InChI is InChI=1S/C9H14N4O2/c1-5-2-3-6-7(4-5)15-9(12,13)8(10,11)14-6/h2-4H,10-13H2,1H3. The largest absolute Gasteiger partial charge is 0.449 e. The van der Waals surface area contributed by atoms with E-state index in [1.165, 1.54) is 0 Å². The van der Waals surface area contributed by atoms with Gasteiger partial charge in [-0.2, -0.15) is 0 Å². The Hall–Kier alpha value is -1.34. The maximum atomic E-state index is 5.60. The minimum Gasteiger partial charge on any atom is -0.449 e. The van der Waals surface area contributed by atoms with Gasteiger partial charge in [-0.1, -0.05) is 6.07 Å². The number of benzene rings is 1. The van der Waals surface area contributed by atoms with Crippen LogP contribution in [0.3, 0.4) is 0 Å². The number of aryl methyl sites for hydroxylation is 1. The summed E-state index contributed by atoms with van der Waals surface area (Å²) >= 11 is 0. The van der Waals surface area contributed by atoms with E-state index < -0.39 is 11.7 Å². The molecule has 6 nitrogen and oxygen atoms in total. The van der Waals surface area contributed by atoms with Crippen molar-refractivity contribution in [3.05, 3.63) is 23.8 Å². The topological polar surface area (TPSA) is 123 Å². The Labute approximate surface area is 87.1 Å². The molecule has 0 aliphatic carbocycles. The maximum absolute atomic E-state index is 5.60. The third-order valence-electron chi connectivity index (χ3n) is 2.27. The van der Waals surface area contributed by atoms with Crippen molar-refractivity contribution in [1.29, 1.82) is 0 Å². The van der Waals surface area contributed by atoms with Crippen LogP contribution in [0.4, 0.5) is 0 Å². The number of hydrogen-bond donors (Lipinski definition) is 4. The van der Waals surface area contributed by atoms with Crippen LogP contribution in [-0.4, -0.2) is 11.7 Å². The molecule has 0 radical (unpaired) electrons. The first-order chi connectivity index (χ1) is 6.82. The van der Waals surface area contributed by atoms with Gasteiger partial charge in [0, 0.05) is 0 Å². The fourth-order valence-electron chi connectivity index (χ4n) is 1.30. The fourth-order valence-corrected chi connectivity index (χ4v) is 1.30. The van der Waals surface area contributed by atoms with Gasteiger partial charge in [-0.25, -0.2) is 0 Å². The molecule has 0 bridgehead atoms. The molecule has 0 unspecified atom stereocenters. The minimum atomic E-state index is -1.76. The van der Waals surface area contributed by atoms with Crippen LogP contribution in [0.2, 0.25) is 0 Å². The van der Waals surface area contributed by atoms with Crippen LogP contribution in [0.15, 0.2) is 18.2 Å². The first-order valence-corrected chi connectivity index (χ1v) is 4.46. The van der Waals surface area contributed by atoms with E-state index in [1.807, 2.05) is 13.0 Å². The number of rotatable bonds is 0. The van der Waals surface area contributed by atoms with Crippen molar-refractivity contribution >= 4 is 0 Å². The monoisotopic (exact) mass is 210 g/mol. The molecule has 8 N–H and O–H groups in total. The SMILES string of the molecule is Cc1ccc2c(c1)OC(N)(N)C(N)(N)O2. The van der Waals surface area contributed by atoms with Crippen LogP contribution in [0, 0.1) is 6.92 Å². The molecule has 1 aromatic carbocycles. The molecule has 1 aromatic rings. The van der Waals surface area contributed by atoms with Crippen LogP contribution in [0.1, 0.15) is 5.56 Å². The normalized spacial score (nSPS) is 21.1. The Balaban J connectivity index is 2.47. The predicted molar refractivity (Wildman–Crippen MR) is 54.6 cm³/mol. The molecule has 82 valence electrons. The van der Waals surface area contributed by atoms with Gasteiger partial charge in [-0.05, 0) is 24.6 Å². The van der Waals surface area contributed by atoms with Crippen molar-refractivity contribution in [3.8, 4) is 11.5 Å². The Kier molecular flexibility index (Phi) is 1.92. The number of hydrogen-bond acceptors (Lipinski definition) is 6. The lowest BCUT2D eigenvalue weighted by atomic mass is 10.2. The van der Waals surface area contributed by atoms with Gasteiger partial charge in [0.05, 0.1) is 0 Å². The molecule has 1 aliphatic heterocycles. The zero-order valence-corrected chi connectivity index (χ0v) is 8.36. The van der Waals surface area contributed by atoms with Crippen molar-refractivity contribution in [2.75, 3.05) is 0 Å². The van der Waals surface area contributed by atoms with Crippen LogP contribution >= 0.6 is 0 Å². The van der Waals surface area contributed by atoms with Crippen molar-refractivity contribution in [1.82, 2.24) is 0 Å². The van der Waals surface area contributed by atoms with E-state index in [1.54, 1.807) is 12.1 Å². The van der Waals surface area contributed by atoms with Gasteiger partial charge >= 0.3 is 0 Å². The molecule has 0 aromatic heterocycles. The molecule has 0 saturated heterocycles. The van der Waals surface area contributed by atoms with E-state index in [2.05, 4.69) is 0 Å². The smallest absolute Gasteiger partial charge is 0.282 e. The van der Waals surface area contributed by atoms with E-state index in [9.17, 15) is 0 Å². The minimum absolute atomic E-state index is 0.428. The van der Waals surface area contributed by atoms with Crippen molar-refractivity contribution in [2.45, 2.75) is 18.6 Å². The Bertz CT molecular complexity index is 403. The van der Waals surface area contributed by atoms with Crippen molar-refractivity contribution in [2.24, 2.45) is 22.9 Å². The van der Waals surface area contributed by atoms with E-state index >= 15 is 0 Å². The maximum Gasteiger partial charge on any atom is 0.282 e. The molecule has 0 spiro atoms. The highest BCUT2D eigenvalue weighted by molar-refractivity contribution is 5.45. The summed E-state index contributed by atoms with van der Waals surface area (Å²) in [6, 6.07) is 5.30. The van der Waals surface area contributed by atoms with Crippen LogP contribution in [-0.2, 0) is 0 Å². The van der Waals surface area contributed by atoms with Crippen molar-refractivity contribution < 1.29 is 9.47 Å². The summed E-state index contributed by atoms with van der Waals surface area (Å²) in [4.78, 5) is 0. The van der Waals surface area contributed by atoms with Gasteiger partial charge in [0.25, 0.3) is 11.7 Å². The molecule has 6 heteroatoms. The van der Waals surface area contributed by atoms with Crippen LogP contribution in [0.25, 0.3) is 0 Å². The molecule has 15 heavy (non-hydrogen) atoms. The van der Waals surface area contributed by atoms with Gasteiger partial charge in [0.1, 0.15) is 0 Å². The predicted octanol–water partition coefficient (Wildman–Crippen LogP) is -1.09. The lowest BCUT2D eigenvalue weighted by Gasteiger charge is -2.43. The first kappa shape index (κ1) is 10.2. The molecule has 0 fully saturated rings. The third kappa shape index (κ3) is 1.53. The zero-order chi connectivity index (χ0) is 11.3. The van der Waals surface area contributed by atoms with Crippen molar-refractivity contribution in [3.63, 3.8) is 0 Å². The highest BCUT2D eigenvalue weighted by atomic mass is 16.6. The summed E-state index contributed by atoms with van der Waals surface area (Å²) in [5, 5.41) is 0. The van der Waals surface area contributed by atoms with Gasteiger partial charge < -0.3 is 9.47 Å². The molecule has 0 atom stereocenters. The Morgan fingerprint density at radius 1 is 0.933 bits per heavy atom. The van der Waals surface area contributed by atoms with Gasteiger partial charge in [-0.15, -0.1) is 0 Å². The number of fused-ring (bicyclic) bond motifs is 1. The number of nitrogens with two attached hydrogens (primary N) is 4. The summed E-state index contributed by atoms with van der Waals surface area (Å²) in [7, 11) is 0. The average molecular weight is 210 g/mol. The van der Waals surface area contributed by atoms with E-state index in [4.69, 9.17) is 32.4 Å². The lowest BCUT2D eigenvalue weighted by molar-refractivity contribution is -0.129. The van der Waals surface area contributed by atoms with Gasteiger partial charge in [-0.3, -0.25) is 22.9 Å². The molecule has 0 amide bonds. The van der Waals surface area contributed by atoms with Crippen LogP contribution in [0.5, 0.6) is 11.5 Å². The fraction of sp³-hybridized carbons (Fsp3) is 0.333. The summed E-state index contributed by atoms with van der Waals surface area (Å²) in [6.07, 6.45) is 0. The molecule has 1 aliphatic rings. The second-order valence-electron chi connectivity index (χ2n) is 3.74. The average Bonchev–Trinajstić information content (AvgIpc) is 2.07. The van der Waals surface area contributed by atoms with E-state index in [0.717, 1.165) is 5.56 Å². The van der Waals surface area contributed by atoms with E-state index in [-0.39, 0.29) is 0 Å². The Morgan fingerprint density at radius 3 is 2.07 bits per heavy atom. The highest BCUT2D eigenvalue weighted by Gasteiger charge is 2.49. The first-order valence-electron chi connectivity index (χ1n) is 4.46. The lowest BCUT2D eigenvalue weighted by Crippen LogP contribution is -2.82. The highest BCUT2D eigenvalue weighted by Crippen LogP contribution is 2.36. The summed E-state index contributed by atoms with van der Waals surface area (Å²) in [5.74, 6) is -2.65. The Morgan fingerprint density at radius 2 is 1.47 bits per heavy atom. The second kappa shape index (κ2) is 2.83. The zero-order valence-electron chi connectivity index (χ0n) is 8.36. The molecular formula is C9H14N4O2. The third-order valence-corrected chi connectivity index (χ3v) is 2.27. The van der Waals surface area contributed by atoms with Gasteiger partial charge in [0.15, 0.2) is 11.5 Å². The quantitative estimate of drug-likeness (QED) is 0.403. The summed E-state index contributed by atoms with van der Waals surface area (Å²) in [6.45, 7) is 1.91. The van der Waals surface area contributed by atoms with Gasteiger partial charge in [0.2, 0.25) is 0 Å². The summed E-state index contributed by atoms with van der Waals surface area (Å²) < 4.78 is 10.6.